The lowest BCUT2D eigenvalue weighted by molar-refractivity contribution is -0.138. The van der Waals surface area contributed by atoms with Crippen LogP contribution in [0.1, 0.15) is 51.0 Å². The van der Waals surface area contributed by atoms with Gasteiger partial charge >= 0.3 is 0 Å². The third kappa shape index (κ3) is 5.19. The van der Waals surface area contributed by atoms with Gasteiger partial charge in [-0.2, -0.15) is 5.26 Å². The van der Waals surface area contributed by atoms with E-state index in [1.165, 1.54) is 14.2 Å². The Labute approximate surface area is 285 Å². The Morgan fingerprint density at radius 1 is 0.857 bits per heavy atom. The molecular weight excluding hydrogens is 628 g/mol. The van der Waals surface area contributed by atoms with Gasteiger partial charge in [0.2, 0.25) is 5.78 Å². The average molecular weight is 671 g/mol. The van der Waals surface area contributed by atoms with E-state index in [1.54, 1.807) is 45.4 Å². The number of hydrogen-bond donors (Lipinski definition) is 3. The van der Waals surface area contributed by atoms with Crippen LogP contribution >= 0.6 is 0 Å². The van der Waals surface area contributed by atoms with E-state index in [4.69, 9.17) is 18.9 Å². The highest BCUT2D eigenvalue weighted by molar-refractivity contribution is 6.36. The molecule has 1 amide bonds. The molecule has 1 saturated heterocycles. The van der Waals surface area contributed by atoms with Crippen molar-refractivity contribution < 1.29 is 38.7 Å². The van der Waals surface area contributed by atoms with Crippen LogP contribution in [0.25, 0.3) is 0 Å². The van der Waals surface area contributed by atoms with Crippen LogP contribution < -0.4 is 24.3 Å². The van der Waals surface area contributed by atoms with Crippen LogP contribution in [-0.4, -0.2) is 91.9 Å². The van der Waals surface area contributed by atoms with E-state index in [0.717, 1.165) is 5.56 Å². The van der Waals surface area contributed by atoms with E-state index in [0.29, 0.717) is 63.5 Å². The number of amides is 1. The first-order chi connectivity index (χ1) is 23.5. The number of aromatic hydroxyl groups is 2. The highest BCUT2D eigenvalue weighted by Gasteiger charge is 2.57. The van der Waals surface area contributed by atoms with Crippen LogP contribution in [0.5, 0.6) is 34.5 Å². The smallest absolute Gasteiger partial charge is 0.287 e. The molecule has 0 radical (unpaired) electrons. The standard InChI is InChI=1S/C37H42N4O8/c1-18-33(46-4)21-15-24-30-29-22(34(47-5)19(2)36(49-7)32(29)44)14-23(40(30)3)25(16-38)41(24)26(28(21)31(43)35(18)48-6)17-39-37(45)27(42)13-20-11-9-8-10-12-20/h8-12,23-26,30,43-44H,13-15,17H2,1-7H3,(H,39,45)/t23-,24-,25-,26-,30-/m0/s1. The van der Waals surface area contributed by atoms with Crippen molar-refractivity contribution in [2.75, 3.05) is 42.0 Å². The maximum Gasteiger partial charge on any atom is 0.287 e. The third-order valence-electron chi connectivity index (χ3n) is 10.6. The number of Topliss-reactive ketones (excluding diaryl/α,β-unsaturated/α-hetero) is 1. The first-order valence-corrected chi connectivity index (χ1v) is 16.2. The van der Waals surface area contributed by atoms with E-state index >= 15 is 0 Å². The molecule has 12 heteroatoms. The van der Waals surface area contributed by atoms with E-state index < -0.39 is 35.9 Å². The van der Waals surface area contributed by atoms with Crippen molar-refractivity contribution in [2.45, 2.75) is 63.3 Å². The molecule has 3 aliphatic heterocycles. The molecule has 3 N–H and O–H groups in total. The first kappa shape index (κ1) is 33.9. The molecule has 3 aliphatic rings. The van der Waals surface area contributed by atoms with Gasteiger partial charge in [-0.05, 0) is 39.3 Å². The maximum atomic E-state index is 13.3. The number of likely N-dealkylation sites (N-methyl/N-ethyl adjacent to an activating group) is 1. The van der Waals surface area contributed by atoms with Crippen LogP contribution in [0, 0.1) is 25.2 Å². The summed E-state index contributed by atoms with van der Waals surface area (Å²) in [6.07, 6.45) is 0.645. The molecule has 49 heavy (non-hydrogen) atoms. The predicted octanol–water partition coefficient (Wildman–Crippen LogP) is 3.45. The molecule has 3 aromatic carbocycles. The second-order valence-electron chi connectivity index (χ2n) is 12.9. The summed E-state index contributed by atoms with van der Waals surface area (Å²) in [5.74, 6) is 0.155. The summed E-state index contributed by atoms with van der Waals surface area (Å²) in [5, 5.41) is 37.3. The zero-order valence-electron chi connectivity index (χ0n) is 28.8. The topological polar surface area (TPSA) is 154 Å². The number of hydrogen-bond acceptors (Lipinski definition) is 11. The normalized spacial score (nSPS) is 22.5. The van der Waals surface area contributed by atoms with E-state index in [1.807, 2.05) is 24.9 Å². The van der Waals surface area contributed by atoms with Gasteiger partial charge in [-0.1, -0.05) is 30.3 Å². The number of nitriles is 1. The number of rotatable bonds is 9. The first-order valence-electron chi connectivity index (χ1n) is 16.2. The van der Waals surface area contributed by atoms with E-state index in [2.05, 4.69) is 16.3 Å². The number of piperazine rings is 1. The van der Waals surface area contributed by atoms with Gasteiger partial charge in [0.1, 0.15) is 17.5 Å². The Balaban J connectivity index is 1.52. The van der Waals surface area contributed by atoms with Crippen molar-refractivity contribution in [3.05, 3.63) is 69.3 Å². The summed E-state index contributed by atoms with van der Waals surface area (Å²) < 4.78 is 23.2. The molecule has 3 heterocycles. The molecular formula is C37H42N4O8. The van der Waals surface area contributed by atoms with Gasteiger partial charge in [0.15, 0.2) is 23.0 Å². The third-order valence-corrected chi connectivity index (χ3v) is 10.6. The number of benzene rings is 3. The molecule has 6 rings (SSSR count). The van der Waals surface area contributed by atoms with Gasteiger partial charge in [0, 0.05) is 58.4 Å². The summed E-state index contributed by atoms with van der Waals surface area (Å²) in [5.41, 5.74) is 4.58. The number of phenols is 2. The largest absolute Gasteiger partial charge is 0.504 e. The molecule has 0 aromatic heterocycles. The van der Waals surface area contributed by atoms with Crippen LogP contribution in [0.3, 0.4) is 0 Å². The fourth-order valence-corrected chi connectivity index (χ4v) is 8.56. The molecule has 0 aliphatic carbocycles. The quantitative estimate of drug-likeness (QED) is 0.287. The number of nitrogens with zero attached hydrogens (tertiary/aromatic N) is 3. The Morgan fingerprint density at radius 2 is 1.39 bits per heavy atom. The maximum absolute atomic E-state index is 13.3. The second kappa shape index (κ2) is 13.1. The fourth-order valence-electron chi connectivity index (χ4n) is 8.56. The molecule has 0 unspecified atom stereocenters. The number of ketones is 1. The average Bonchev–Trinajstić information content (AvgIpc) is 3.08. The highest BCUT2D eigenvalue weighted by Crippen LogP contribution is 2.58. The molecule has 1 fully saturated rings. The Hall–Kier alpha value is -4.99. The molecule has 12 nitrogen and oxygen atoms in total. The molecule has 258 valence electrons. The predicted molar refractivity (Wildman–Crippen MR) is 180 cm³/mol. The summed E-state index contributed by atoms with van der Waals surface area (Å²) >= 11 is 0. The number of ether oxygens (including phenoxy) is 4. The Kier molecular flexibility index (Phi) is 9.09. The van der Waals surface area contributed by atoms with Crippen molar-refractivity contribution in [2.24, 2.45) is 0 Å². The van der Waals surface area contributed by atoms with Crippen LogP contribution in [-0.2, 0) is 28.9 Å². The number of methoxy groups -OCH3 is 4. The number of nitrogens with one attached hydrogen (secondary N) is 1. The van der Waals surface area contributed by atoms with Crippen LogP contribution in [0.15, 0.2) is 30.3 Å². The van der Waals surface area contributed by atoms with E-state index in [-0.39, 0.29) is 36.3 Å². The Bertz CT molecular complexity index is 1860. The highest BCUT2D eigenvalue weighted by atomic mass is 16.5. The zero-order valence-corrected chi connectivity index (χ0v) is 28.8. The Morgan fingerprint density at radius 3 is 1.94 bits per heavy atom. The molecule has 3 aromatic rings. The number of phenolic OH excluding ortho intramolecular Hbond substituents is 2. The lowest BCUT2D eigenvalue weighted by Crippen LogP contribution is -2.68. The lowest BCUT2D eigenvalue weighted by Gasteiger charge is -2.60. The SMILES string of the molecule is COc1c(C)c(OC)c2c(c1O)[C@@H]1[C@@H]3Cc4c(OC)c(C)c(OC)c(O)c4[C@H](CNC(=O)C(=O)Cc4ccccc4)N3[C@@H](C#N)[C@H](C2)N1C. The molecule has 2 bridgehead atoms. The van der Waals surface area contributed by atoms with Gasteiger partial charge in [-0.3, -0.25) is 19.4 Å². The van der Waals surface area contributed by atoms with Crippen molar-refractivity contribution in [1.82, 2.24) is 15.1 Å². The van der Waals surface area contributed by atoms with Crippen molar-refractivity contribution >= 4 is 11.7 Å². The molecule has 0 spiro atoms. The lowest BCUT2D eigenvalue weighted by atomic mass is 9.71. The van der Waals surface area contributed by atoms with Crippen LogP contribution in [0.2, 0.25) is 0 Å². The minimum atomic E-state index is -0.771. The minimum absolute atomic E-state index is 0.00402. The number of carbonyl (C=O) groups is 2. The summed E-state index contributed by atoms with van der Waals surface area (Å²) in [4.78, 5) is 30.5. The zero-order chi connectivity index (χ0) is 35.3. The molecule has 0 saturated carbocycles. The monoisotopic (exact) mass is 670 g/mol. The van der Waals surface area contributed by atoms with Gasteiger partial charge in [0.05, 0.1) is 46.6 Å². The van der Waals surface area contributed by atoms with Gasteiger partial charge < -0.3 is 34.5 Å². The van der Waals surface area contributed by atoms with Crippen molar-refractivity contribution in [3.8, 4) is 40.6 Å². The second-order valence-corrected chi connectivity index (χ2v) is 12.9. The number of carbonyl (C=O) groups excluding carboxylic acids is 2. The summed E-state index contributed by atoms with van der Waals surface area (Å²) in [6.45, 7) is 3.54. The summed E-state index contributed by atoms with van der Waals surface area (Å²) in [7, 11) is 8.03. The van der Waals surface area contributed by atoms with Crippen molar-refractivity contribution in [3.63, 3.8) is 0 Å². The van der Waals surface area contributed by atoms with E-state index in [9.17, 15) is 25.1 Å². The summed E-state index contributed by atoms with van der Waals surface area (Å²) in [6, 6.07) is 8.79. The van der Waals surface area contributed by atoms with Gasteiger partial charge in [0.25, 0.3) is 5.91 Å². The van der Waals surface area contributed by atoms with Gasteiger partial charge in [-0.15, -0.1) is 0 Å². The van der Waals surface area contributed by atoms with Crippen molar-refractivity contribution in [1.29, 1.82) is 5.26 Å². The fraction of sp³-hybridized carbons (Fsp3) is 0.432. The number of fused-ring (bicyclic) bond motifs is 7. The van der Waals surface area contributed by atoms with Crippen LogP contribution in [0.4, 0.5) is 0 Å². The minimum Gasteiger partial charge on any atom is -0.504 e. The molecule has 5 atom stereocenters. The van der Waals surface area contributed by atoms with Gasteiger partial charge in [-0.25, -0.2) is 0 Å².